The lowest BCUT2D eigenvalue weighted by molar-refractivity contribution is 0.0934. The average molecular weight is 392 g/mol. The van der Waals surface area contributed by atoms with Crippen molar-refractivity contribution in [2.75, 3.05) is 26.7 Å². The molecule has 0 aliphatic carbocycles. The van der Waals surface area contributed by atoms with Crippen LogP contribution in [0.1, 0.15) is 34.8 Å². The molecule has 1 aliphatic heterocycles. The van der Waals surface area contributed by atoms with Crippen molar-refractivity contribution in [1.82, 2.24) is 10.2 Å². The summed E-state index contributed by atoms with van der Waals surface area (Å²) in [6.07, 6.45) is 2.30. The highest BCUT2D eigenvalue weighted by atomic mass is 16.5. The maximum atomic E-state index is 12.8. The van der Waals surface area contributed by atoms with Gasteiger partial charge in [-0.2, -0.15) is 0 Å². The predicted molar refractivity (Wildman–Crippen MR) is 111 cm³/mol. The maximum Gasteiger partial charge on any atom is 0.349 e. The van der Waals surface area contributed by atoms with E-state index in [2.05, 4.69) is 10.2 Å². The molecule has 1 aromatic heterocycles. The molecule has 1 fully saturated rings. The van der Waals surface area contributed by atoms with Gasteiger partial charge in [-0.05, 0) is 55.8 Å². The fourth-order valence-electron chi connectivity index (χ4n) is 3.84. The first-order valence-electron chi connectivity index (χ1n) is 9.85. The fourth-order valence-corrected chi connectivity index (χ4v) is 3.84. The number of hydrogen-bond acceptors (Lipinski definition) is 5. The van der Waals surface area contributed by atoms with Crippen LogP contribution in [0.15, 0.2) is 63.8 Å². The Labute approximate surface area is 169 Å². The van der Waals surface area contributed by atoms with Gasteiger partial charge in [-0.25, -0.2) is 4.79 Å². The minimum Gasteiger partial charge on any atom is -0.497 e. The van der Waals surface area contributed by atoms with Gasteiger partial charge >= 0.3 is 5.63 Å². The van der Waals surface area contributed by atoms with E-state index in [9.17, 15) is 9.59 Å². The molecule has 0 bridgehead atoms. The van der Waals surface area contributed by atoms with Crippen LogP contribution < -0.4 is 15.7 Å². The van der Waals surface area contributed by atoms with E-state index in [0.717, 1.165) is 42.6 Å². The van der Waals surface area contributed by atoms with Gasteiger partial charge in [0.05, 0.1) is 13.2 Å². The van der Waals surface area contributed by atoms with Gasteiger partial charge < -0.3 is 14.5 Å². The van der Waals surface area contributed by atoms with Crippen molar-refractivity contribution < 1.29 is 13.9 Å². The number of nitrogens with zero attached hydrogens (tertiary/aromatic N) is 1. The Bertz CT molecular complexity index is 1050. The van der Waals surface area contributed by atoms with Crippen molar-refractivity contribution in [3.8, 4) is 5.75 Å². The van der Waals surface area contributed by atoms with Crippen LogP contribution in [0.4, 0.5) is 0 Å². The van der Waals surface area contributed by atoms with Crippen LogP contribution in [0.3, 0.4) is 0 Å². The number of benzene rings is 2. The molecule has 6 heteroatoms. The summed E-state index contributed by atoms with van der Waals surface area (Å²) in [6.45, 7) is 2.40. The summed E-state index contributed by atoms with van der Waals surface area (Å²) in [6, 6.07) is 16.7. The van der Waals surface area contributed by atoms with Crippen molar-refractivity contribution in [1.29, 1.82) is 0 Å². The zero-order valence-corrected chi connectivity index (χ0v) is 16.4. The number of fused-ring (bicyclic) bond motifs is 1. The van der Waals surface area contributed by atoms with Crippen LogP contribution >= 0.6 is 0 Å². The van der Waals surface area contributed by atoms with E-state index in [4.69, 9.17) is 9.15 Å². The molecule has 0 saturated carbocycles. The largest absolute Gasteiger partial charge is 0.497 e. The summed E-state index contributed by atoms with van der Waals surface area (Å²) in [5.74, 6) is 0.383. The molecule has 4 rings (SSSR count). The molecule has 150 valence electrons. The molecule has 0 radical (unpaired) electrons. The van der Waals surface area contributed by atoms with Gasteiger partial charge in [0.25, 0.3) is 5.91 Å². The van der Waals surface area contributed by atoms with Gasteiger partial charge in [0.15, 0.2) is 0 Å². The smallest absolute Gasteiger partial charge is 0.349 e. The number of carbonyl (C=O) groups excluding carboxylic acids is 1. The molecule has 3 aromatic rings. The lowest BCUT2D eigenvalue weighted by atomic mass is 10.0. The van der Waals surface area contributed by atoms with Crippen LogP contribution in [0, 0.1) is 0 Å². The lowest BCUT2D eigenvalue weighted by Gasteiger charge is -2.28. The Hall–Kier alpha value is -3.12. The first-order chi connectivity index (χ1) is 14.2. The van der Waals surface area contributed by atoms with Gasteiger partial charge in [-0.1, -0.05) is 30.3 Å². The predicted octanol–water partition coefficient (Wildman–Crippen LogP) is 3.37. The second-order valence-corrected chi connectivity index (χ2v) is 7.23. The lowest BCUT2D eigenvalue weighted by Crippen LogP contribution is -2.38. The number of likely N-dealkylation sites (tertiary alicyclic amines) is 1. The van der Waals surface area contributed by atoms with E-state index in [1.54, 1.807) is 25.3 Å². The van der Waals surface area contributed by atoms with Crippen LogP contribution in [0.2, 0.25) is 0 Å². The number of nitrogens with one attached hydrogen (secondary N) is 1. The Morgan fingerprint density at radius 2 is 1.86 bits per heavy atom. The molecule has 1 aliphatic rings. The van der Waals surface area contributed by atoms with E-state index in [-0.39, 0.29) is 11.6 Å². The second-order valence-electron chi connectivity index (χ2n) is 7.23. The molecule has 1 saturated heterocycles. The SMILES string of the molecule is COc1ccc([C@H](CNC(=O)c2cc3ccccc3oc2=O)N2CCCC2)cc1. The molecule has 1 amide bonds. The highest BCUT2D eigenvalue weighted by Gasteiger charge is 2.25. The van der Waals surface area contributed by atoms with Gasteiger partial charge in [0.1, 0.15) is 16.9 Å². The minimum absolute atomic E-state index is 0.0265. The molecule has 6 nitrogen and oxygen atoms in total. The third kappa shape index (κ3) is 4.17. The van der Waals surface area contributed by atoms with E-state index >= 15 is 0 Å². The summed E-state index contributed by atoms with van der Waals surface area (Å²) in [5.41, 5.74) is 0.989. The molecule has 1 atom stereocenters. The highest BCUT2D eigenvalue weighted by molar-refractivity contribution is 5.96. The van der Waals surface area contributed by atoms with E-state index in [0.29, 0.717) is 12.1 Å². The van der Waals surface area contributed by atoms with Crippen LogP contribution in [0.25, 0.3) is 11.0 Å². The second kappa shape index (κ2) is 8.49. The van der Waals surface area contributed by atoms with E-state index in [1.807, 2.05) is 36.4 Å². The first-order valence-corrected chi connectivity index (χ1v) is 9.85. The number of methoxy groups -OCH3 is 1. The van der Waals surface area contributed by atoms with Gasteiger partial charge in [-0.15, -0.1) is 0 Å². The third-order valence-corrected chi connectivity index (χ3v) is 5.42. The Balaban J connectivity index is 1.54. The number of rotatable bonds is 6. The molecule has 0 unspecified atom stereocenters. The van der Waals surface area contributed by atoms with Crippen molar-refractivity contribution in [2.24, 2.45) is 0 Å². The molecule has 0 spiro atoms. The monoisotopic (exact) mass is 392 g/mol. The fraction of sp³-hybridized carbons (Fsp3) is 0.304. The molecular weight excluding hydrogens is 368 g/mol. The van der Waals surface area contributed by atoms with Crippen molar-refractivity contribution >= 4 is 16.9 Å². The molecule has 29 heavy (non-hydrogen) atoms. The normalized spacial score (nSPS) is 15.3. The van der Waals surface area contributed by atoms with Crippen LogP contribution in [0.5, 0.6) is 5.75 Å². The molecule has 2 aromatic carbocycles. The van der Waals surface area contributed by atoms with Crippen molar-refractivity contribution in [2.45, 2.75) is 18.9 Å². The zero-order valence-electron chi connectivity index (χ0n) is 16.4. The van der Waals surface area contributed by atoms with Crippen LogP contribution in [-0.4, -0.2) is 37.6 Å². The number of amides is 1. The maximum absolute atomic E-state index is 12.8. The summed E-state index contributed by atoms with van der Waals surface area (Å²) in [4.78, 5) is 27.4. The molecular formula is C23H24N2O4. The zero-order chi connectivity index (χ0) is 20.2. The summed E-state index contributed by atoms with van der Waals surface area (Å²) < 4.78 is 10.5. The Morgan fingerprint density at radius 3 is 2.59 bits per heavy atom. The van der Waals surface area contributed by atoms with E-state index in [1.165, 1.54) is 0 Å². The van der Waals surface area contributed by atoms with Gasteiger partial charge in [-0.3, -0.25) is 9.69 Å². The number of carbonyl (C=O) groups is 1. The highest BCUT2D eigenvalue weighted by Crippen LogP contribution is 2.26. The first kappa shape index (κ1) is 19.2. The van der Waals surface area contributed by atoms with E-state index < -0.39 is 11.5 Å². The number of para-hydroxylation sites is 1. The minimum atomic E-state index is -0.622. The van der Waals surface area contributed by atoms with Crippen LogP contribution in [-0.2, 0) is 0 Å². The topological polar surface area (TPSA) is 71.8 Å². The molecule has 1 N–H and O–H groups in total. The Kier molecular flexibility index (Phi) is 5.62. The average Bonchev–Trinajstić information content (AvgIpc) is 3.28. The number of hydrogen-bond donors (Lipinski definition) is 1. The van der Waals surface area contributed by atoms with Crippen molar-refractivity contribution in [3.63, 3.8) is 0 Å². The third-order valence-electron chi connectivity index (χ3n) is 5.42. The number of ether oxygens (including phenoxy) is 1. The standard InChI is InChI=1S/C23H24N2O4/c1-28-18-10-8-16(9-11-18)20(25-12-4-5-13-25)15-24-22(26)19-14-17-6-2-3-7-21(17)29-23(19)27/h2-3,6-11,14,20H,4-5,12-13,15H2,1H3,(H,24,26)/t20-/m0/s1. The van der Waals surface area contributed by atoms with Gasteiger partial charge in [0.2, 0.25) is 0 Å². The van der Waals surface area contributed by atoms with Gasteiger partial charge in [0, 0.05) is 11.9 Å². The Morgan fingerprint density at radius 1 is 1.14 bits per heavy atom. The summed E-state index contributed by atoms with van der Waals surface area (Å²) in [5, 5.41) is 3.66. The molecule has 2 heterocycles. The quantitative estimate of drug-likeness (QED) is 0.651. The summed E-state index contributed by atoms with van der Waals surface area (Å²) >= 11 is 0. The summed E-state index contributed by atoms with van der Waals surface area (Å²) in [7, 11) is 1.64. The van der Waals surface area contributed by atoms with Crippen molar-refractivity contribution in [3.05, 3.63) is 76.1 Å².